The molecule has 1 nitrogen and oxygen atoms in total. The summed E-state index contributed by atoms with van der Waals surface area (Å²) in [7, 11) is 0. The first-order chi connectivity index (χ1) is 4.34. The Morgan fingerprint density at radius 1 is 1.78 bits per heavy atom. The van der Waals surface area contributed by atoms with Gasteiger partial charge >= 0.3 is 0 Å². The van der Waals surface area contributed by atoms with Crippen molar-refractivity contribution >= 4 is 24.0 Å². The normalized spacial score (nSPS) is 10.0. The molecule has 0 amide bonds. The minimum Gasteiger partial charge on any atom is -0.249 e. The van der Waals surface area contributed by atoms with Crippen molar-refractivity contribution in [2.45, 2.75) is 13.3 Å². The van der Waals surface area contributed by atoms with Crippen molar-refractivity contribution in [3.8, 4) is 0 Å². The highest BCUT2D eigenvalue weighted by Gasteiger charge is 1.97. The lowest BCUT2D eigenvalue weighted by Gasteiger charge is -1.90. The molecule has 0 aliphatic rings. The van der Waals surface area contributed by atoms with E-state index >= 15 is 0 Å². The lowest BCUT2D eigenvalue weighted by atomic mass is 10.3. The van der Waals surface area contributed by atoms with E-state index in [2.05, 4.69) is 24.5 Å². The van der Waals surface area contributed by atoms with Gasteiger partial charge in [-0.05, 0) is 19.1 Å². The summed E-state index contributed by atoms with van der Waals surface area (Å²) in [5.74, 6) is 0.893. The molecule has 50 valence electrons. The van der Waals surface area contributed by atoms with E-state index in [0.29, 0.717) is 0 Å². The zero-order valence-corrected chi connectivity index (χ0v) is 7.01. The van der Waals surface area contributed by atoms with Crippen LogP contribution in [0.15, 0.2) is 5.51 Å². The average Bonchev–Trinajstić information content (AvgIpc) is 2.18. The fraction of sp³-hybridized carbons (Fsp3) is 0.500. The second kappa shape index (κ2) is 3.22. The monoisotopic (exact) mass is 159 g/mol. The summed E-state index contributed by atoms with van der Waals surface area (Å²) in [6.07, 6.45) is 0.998. The van der Waals surface area contributed by atoms with Gasteiger partial charge in [0.25, 0.3) is 0 Å². The highest BCUT2D eigenvalue weighted by atomic mass is 32.1. The van der Waals surface area contributed by atoms with Crippen LogP contribution in [-0.2, 0) is 6.42 Å². The van der Waals surface area contributed by atoms with E-state index in [0.717, 1.165) is 12.2 Å². The SMILES string of the molecule is Cc1scnc1CCS. The van der Waals surface area contributed by atoms with Crippen LogP contribution in [0.1, 0.15) is 10.6 Å². The minimum absolute atomic E-state index is 0.893. The van der Waals surface area contributed by atoms with Crippen LogP contribution in [0.2, 0.25) is 0 Å². The van der Waals surface area contributed by atoms with Gasteiger partial charge in [-0.2, -0.15) is 12.6 Å². The molecule has 0 bridgehead atoms. The Labute approximate surface area is 64.5 Å². The van der Waals surface area contributed by atoms with E-state index in [4.69, 9.17) is 0 Å². The van der Waals surface area contributed by atoms with Gasteiger partial charge in [-0.3, -0.25) is 0 Å². The second-order valence-electron chi connectivity index (χ2n) is 1.83. The lowest BCUT2D eigenvalue weighted by Crippen LogP contribution is -1.87. The molecule has 1 aromatic heterocycles. The van der Waals surface area contributed by atoms with Crippen molar-refractivity contribution < 1.29 is 0 Å². The minimum atomic E-state index is 0.893. The molecule has 0 fully saturated rings. The van der Waals surface area contributed by atoms with Crippen molar-refractivity contribution in [1.29, 1.82) is 0 Å². The second-order valence-corrected chi connectivity index (χ2v) is 3.33. The van der Waals surface area contributed by atoms with Gasteiger partial charge in [-0.1, -0.05) is 0 Å². The molecular formula is C6H9NS2. The molecule has 0 aromatic carbocycles. The third-order valence-corrected chi connectivity index (χ3v) is 2.22. The number of nitrogens with zero attached hydrogens (tertiary/aromatic N) is 1. The van der Waals surface area contributed by atoms with Crippen molar-refractivity contribution in [1.82, 2.24) is 4.98 Å². The first-order valence-corrected chi connectivity index (χ1v) is 4.35. The number of rotatable bonds is 2. The molecule has 1 rings (SSSR count). The highest BCUT2D eigenvalue weighted by Crippen LogP contribution is 2.11. The number of hydrogen-bond acceptors (Lipinski definition) is 3. The quantitative estimate of drug-likeness (QED) is 0.651. The highest BCUT2D eigenvalue weighted by molar-refractivity contribution is 7.80. The summed E-state index contributed by atoms with van der Waals surface area (Å²) < 4.78 is 0. The zero-order valence-electron chi connectivity index (χ0n) is 5.29. The molecule has 3 heteroatoms. The Kier molecular flexibility index (Phi) is 2.54. The van der Waals surface area contributed by atoms with E-state index < -0.39 is 0 Å². The molecule has 0 unspecified atom stereocenters. The summed E-state index contributed by atoms with van der Waals surface area (Å²) in [4.78, 5) is 5.50. The smallest absolute Gasteiger partial charge is 0.0797 e. The summed E-state index contributed by atoms with van der Waals surface area (Å²) in [5.41, 5.74) is 3.09. The van der Waals surface area contributed by atoms with Crippen molar-refractivity contribution in [3.05, 3.63) is 16.1 Å². The summed E-state index contributed by atoms with van der Waals surface area (Å²) in [6.45, 7) is 2.09. The van der Waals surface area contributed by atoms with Crippen LogP contribution in [0.5, 0.6) is 0 Å². The number of thiol groups is 1. The standard InChI is InChI=1S/C6H9NS2/c1-5-6(2-3-8)7-4-9-5/h4,8H,2-3H2,1H3. The van der Waals surface area contributed by atoms with Gasteiger partial charge in [-0.15, -0.1) is 11.3 Å². The molecule has 9 heavy (non-hydrogen) atoms. The average molecular weight is 159 g/mol. The predicted molar refractivity (Wildman–Crippen MR) is 44.4 cm³/mol. The first-order valence-electron chi connectivity index (χ1n) is 2.84. The predicted octanol–water partition coefficient (Wildman–Crippen LogP) is 1.92. The molecule has 0 saturated heterocycles. The van der Waals surface area contributed by atoms with E-state index in [1.54, 1.807) is 11.3 Å². The van der Waals surface area contributed by atoms with Gasteiger partial charge in [0.2, 0.25) is 0 Å². The molecular weight excluding hydrogens is 150 g/mol. The van der Waals surface area contributed by atoms with Crippen LogP contribution in [0, 0.1) is 6.92 Å². The largest absolute Gasteiger partial charge is 0.249 e. The van der Waals surface area contributed by atoms with Crippen LogP contribution in [-0.4, -0.2) is 10.7 Å². The van der Waals surface area contributed by atoms with Crippen LogP contribution in [0.4, 0.5) is 0 Å². The maximum absolute atomic E-state index is 4.18. The Balaban J connectivity index is 2.69. The number of thiazole rings is 1. The molecule has 0 aliphatic heterocycles. The van der Waals surface area contributed by atoms with E-state index in [1.807, 2.05) is 5.51 Å². The maximum atomic E-state index is 4.18. The lowest BCUT2D eigenvalue weighted by molar-refractivity contribution is 1.06. The van der Waals surface area contributed by atoms with Crippen LogP contribution in [0.25, 0.3) is 0 Å². The van der Waals surface area contributed by atoms with Gasteiger partial charge in [-0.25, -0.2) is 4.98 Å². The van der Waals surface area contributed by atoms with Crippen LogP contribution >= 0.6 is 24.0 Å². The van der Waals surface area contributed by atoms with Crippen molar-refractivity contribution in [3.63, 3.8) is 0 Å². The Hall–Kier alpha value is -0.0200. The van der Waals surface area contributed by atoms with E-state index in [1.165, 1.54) is 10.6 Å². The molecule has 1 heterocycles. The third-order valence-electron chi connectivity index (χ3n) is 1.19. The fourth-order valence-electron chi connectivity index (χ4n) is 0.674. The topological polar surface area (TPSA) is 12.9 Å². The Morgan fingerprint density at radius 3 is 3.00 bits per heavy atom. The molecule has 0 radical (unpaired) electrons. The summed E-state index contributed by atoms with van der Waals surface area (Å²) in [6, 6.07) is 0. The molecule has 0 N–H and O–H groups in total. The molecule has 0 saturated carbocycles. The number of aryl methyl sites for hydroxylation is 2. The van der Waals surface area contributed by atoms with Gasteiger partial charge in [0.1, 0.15) is 0 Å². The molecule has 1 aromatic rings. The van der Waals surface area contributed by atoms with Crippen molar-refractivity contribution in [2.24, 2.45) is 0 Å². The van der Waals surface area contributed by atoms with Gasteiger partial charge < -0.3 is 0 Å². The molecule has 0 spiro atoms. The molecule has 0 atom stereocenters. The van der Waals surface area contributed by atoms with Crippen LogP contribution in [0.3, 0.4) is 0 Å². The van der Waals surface area contributed by atoms with Gasteiger partial charge in [0.15, 0.2) is 0 Å². The van der Waals surface area contributed by atoms with E-state index in [-0.39, 0.29) is 0 Å². The van der Waals surface area contributed by atoms with Gasteiger partial charge in [0.05, 0.1) is 11.2 Å². The molecule has 0 aliphatic carbocycles. The summed E-state index contributed by atoms with van der Waals surface area (Å²) in [5, 5.41) is 0. The Bertz CT molecular complexity index is 183. The van der Waals surface area contributed by atoms with E-state index in [9.17, 15) is 0 Å². The Morgan fingerprint density at radius 2 is 2.56 bits per heavy atom. The number of hydrogen-bond donors (Lipinski definition) is 1. The van der Waals surface area contributed by atoms with Crippen LogP contribution < -0.4 is 0 Å². The van der Waals surface area contributed by atoms with Gasteiger partial charge in [0, 0.05) is 4.88 Å². The third kappa shape index (κ3) is 1.69. The van der Waals surface area contributed by atoms with Crippen molar-refractivity contribution in [2.75, 3.05) is 5.75 Å². The number of aromatic nitrogens is 1. The zero-order chi connectivity index (χ0) is 6.69. The maximum Gasteiger partial charge on any atom is 0.0797 e. The summed E-state index contributed by atoms with van der Waals surface area (Å²) >= 11 is 5.82. The first kappa shape index (κ1) is 7.09. The fourth-order valence-corrected chi connectivity index (χ4v) is 1.52.